The fourth-order valence-electron chi connectivity index (χ4n) is 0.583. The van der Waals surface area contributed by atoms with Crippen molar-refractivity contribution in [1.82, 2.24) is 0 Å². The van der Waals surface area contributed by atoms with Gasteiger partial charge in [-0.05, 0) is 0 Å². The monoisotopic (exact) mass is 138 g/mol. The van der Waals surface area contributed by atoms with Gasteiger partial charge in [0.25, 0.3) is 5.69 Å². The molecule has 0 atom stereocenters. The van der Waals surface area contributed by atoms with E-state index in [1.54, 1.807) is 0 Å². The molecule has 3 heteroatoms. The molecule has 0 aromatic heterocycles. The van der Waals surface area contributed by atoms with E-state index in [0.29, 0.717) is 5.56 Å². The van der Waals surface area contributed by atoms with Crippen LogP contribution in [-0.4, -0.2) is 4.92 Å². The minimum absolute atomic E-state index is 0.0278. The predicted molar refractivity (Wildman–Crippen MR) is 37.6 cm³/mol. The fraction of sp³-hybridized carbons (Fsp3) is 0. The first kappa shape index (κ1) is 4.33. The van der Waals surface area contributed by atoms with E-state index < -0.39 is 4.92 Å². The lowest BCUT2D eigenvalue weighted by Crippen LogP contribution is -1.86. The topological polar surface area (TPSA) is 43.1 Å². The lowest BCUT2D eigenvalue weighted by molar-refractivity contribution is -0.384. The second-order valence-corrected chi connectivity index (χ2v) is 1.80. The van der Waals surface area contributed by atoms with Crippen LogP contribution in [0.5, 0.6) is 0 Å². The third kappa shape index (κ3) is 1.25. The van der Waals surface area contributed by atoms with E-state index in [1.165, 1.54) is 24.3 Å². The van der Waals surface area contributed by atoms with Crippen LogP contribution >= 0.6 is 0 Å². The van der Waals surface area contributed by atoms with E-state index in [0.717, 1.165) is 0 Å². The van der Waals surface area contributed by atoms with Gasteiger partial charge >= 0.3 is 0 Å². The molecule has 50 valence electrons. The normalized spacial score (nSPS) is 11.6. The van der Waals surface area contributed by atoms with Gasteiger partial charge in [-0.3, -0.25) is 10.1 Å². The fourth-order valence-corrected chi connectivity index (χ4v) is 0.583. The van der Waals surface area contributed by atoms with Gasteiger partial charge in [-0.15, -0.1) is 0 Å². The van der Waals surface area contributed by atoms with Crippen LogP contribution in [0.4, 0.5) is 5.69 Å². The number of hydrogen-bond acceptors (Lipinski definition) is 2. The summed E-state index contributed by atoms with van der Waals surface area (Å²) in [6.45, 7) is -0.343. The average Bonchev–Trinajstić information content (AvgIpc) is 2.04. The van der Waals surface area contributed by atoms with Crippen molar-refractivity contribution in [2.24, 2.45) is 0 Å². The summed E-state index contributed by atoms with van der Waals surface area (Å²) in [6, 6.07) is 5.32. The lowest BCUT2D eigenvalue weighted by atomic mass is 10.2. The van der Waals surface area contributed by atoms with Crippen LogP contribution in [-0.2, 0) is 0 Å². The maximum absolute atomic E-state index is 10.2. The van der Waals surface area contributed by atoms with Crippen molar-refractivity contribution < 1.29 is 7.66 Å². The average molecular weight is 138 g/mol. The summed E-state index contributed by atoms with van der Waals surface area (Å²) < 4.78 is 13.8. The first-order valence-electron chi connectivity index (χ1n) is 3.66. The molecule has 0 heterocycles. The van der Waals surface area contributed by atoms with Gasteiger partial charge in [0.15, 0.2) is 0 Å². The summed E-state index contributed by atoms with van der Waals surface area (Å²) in [5.41, 5.74) is 0.348. The molecule has 3 nitrogen and oxygen atoms in total. The van der Waals surface area contributed by atoms with E-state index in [1.807, 2.05) is 0 Å². The van der Waals surface area contributed by atoms with Gasteiger partial charge in [0.2, 0.25) is 0 Å². The van der Waals surface area contributed by atoms with Crippen molar-refractivity contribution in [3.05, 3.63) is 46.8 Å². The highest BCUT2D eigenvalue weighted by Crippen LogP contribution is 2.10. The Kier molecular flexibility index (Phi) is 1.03. The molecule has 0 N–H and O–H groups in total. The highest BCUT2D eigenvalue weighted by Gasteiger charge is 2.05. The molecule has 1 aromatic carbocycles. The first-order valence-corrected chi connectivity index (χ1v) is 2.66. The number of rotatable bonds is 2. The Balaban J connectivity index is 2.93. The zero-order valence-corrected chi connectivity index (χ0v) is 5.07. The van der Waals surface area contributed by atoms with Crippen molar-refractivity contribution in [3.8, 4) is 0 Å². The largest absolute Gasteiger partial charge is 0.295 e. The molecule has 0 saturated carbocycles. The molecular formula is C7H6NO2+. The molecule has 0 amide bonds. The maximum atomic E-state index is 10.2. The molecule has 0 spiro atoms. The quantitative estimate of drug-likeness (QED) is 0.355. The van der Waals surface area contributed by atoms with Crippen LogP contribution in [0, 0.1) is 17.0 Å². The number of nitrogens with zero attached hydrogens (tertiary/aromatic N) is 1. The smallest absolute Gasteiger partial charge is 0.258 e. The van der Waals surface area contributed by atoms with Gasteiger partial charge in [0.05, 0.1) is 29.2 Å². The van der Waals surface area contributed by atoms with Gasteiger partial charge in [-0.1, -0.05) is 0 Å². The van der Waals surface area contributed by atoms with Gasteiger partial charge in [0.1, 0.15) is 8.30 Å². The van der Waals surface area contributed by atoms with E-state index >= 15 is 0 Å². The minimum atomic E-state index is -0.517. The molecule has 1 rings (SSSR count). The maximum Gasteiger partial charge on any atom is 0.295 e. The number of nitro groups is 1. The van der Waals surface area contributed by atoms with Crippen molar-refractivity contribution in [2.75, 3.05) is 0 Å². The second kappa shape index (κ2) is 2.39. The Hall–Kier alpha value is -1.51. The van der Waals surface area contributed by atoms with E-state index in [4.69, 9.17) is 2.74 Å². The molecular weight excluding hydrogens is 130 g/mol. The Bertz CT molecular complexity index is 284. The van der Waals surface area contributed by atoms with Crippen molar-refractivity contribution in [1.29, 1.82) is 0 Å². The number of benzene rings is 1. The van der Waals surface area contributed by atoms with E-state index in [9.17, 15) is 10.1 Å². The van der Waals surface area contributed by atoms with E-state index in [-0.39, 0.29) is 12.6 Å². The molecule has 10 heavy (non-hydrogen) atoms. The Morgan fingerprint density at radius 1 is 1.50 bits per heavy atom. The molecule has 0 radical (unpaired) electrons. The van der Waals surface area contributed by atoms with Crippen LogP contribution < -0.4 is 0 Å². The zero-order valence-electron chi connectivity index (χ0n) is 7.07. The lowest BCUT2D eigenvalue weighted by Gasteiger charge is -1.84. The first-order chi connectivity index (χ1) is 5.61. The second-order valence-electron chi connectivity index (χ2n) is 1.80. The Morgan fingerprint density at radius 3 is 2.50 bits per heavy atom. The van der Waals surface area contributed by atoms with Crippen LogP contribution in [0.1, 0.15) is 8.30 Å². The molecule has 0 aliphatic rings. The summed E-state index contributed by atoms with van der Waals surface area (Å²) in [4.78, 5) is 9.67. The summed E-state index contributed by atoms with van der Waals surface area (Å²) in [5, 5.41) is 10.2. The summed E-state index contributed by atoms with van der Waals surface area (Å²) in [5.74, 6) is 0. The Morgan fingerprint density at radius 2 is 2.10 bits per heavy atom. The standard InChI is InChI=1S/C7H6NO2/c1-6-2-4-7(5-3-6)8(9)10/h2-5H,1H2/q+1/i1D2. The minimum Gasteiger partial charge on any atom is -0.258 e. The molecule has 0 saturated heterocycles. The van der Waals surface area contributed by atoms with Gasteiger partial charge in [-0.25, -0.2) is 0 Å². The molecule has 0 aliphatic heterocycles. The van der Waals surface area contributed by atoms with Crippen LogP contribution in [0.3, 0.4) is 0 Å². The third-order valence-electron chi connectivity index (χ3n) is 1.08. The van der Waals surface area contributed by atoms with E-state index in [2.05, 4.69) is 0 Å². The molecule has 1 aromatic rings. The highest BCUT2D eigenvalue weighted by atomic mass is 16.6. The summed E-state index contributed by atoms with van der Waals surface area (Å²) in [7, 11) is 0. The summed E-state index contributed by atoms with van der Waals surface area (Å²) in [6.07, 6.45) is 0. The van der Waals surface area contributed by atoms with Gasteiger partial charge in [-0.2, -0.15) is 0 Å². The summed E-state index contributed by atoms with van der Waals surface area (Å²) >= 11 is 0. The SMILES string of the molecule is [2H][C+]([2H])c1ccc([N+](=O)[O-])cc1. The molecule has 0 unspecified atom stereocenters. The van der Waals surface area contributed by atoms with Gasteiger partial charge < -0.3 is 0 Å². The molecule has 0 aliphatic carbocycles. The number of non-ortho nitro benzene ring substituents is 1. The molecule has 0 fully saturated rings. The zero-order chi connectivity index (χ0) is 9.14. The van der Waals surface area contributed by atoms with Crippen LogP contribution in [0.2, 0.25) is 0 Å². The Labute approximate surface area is 61.3 Å². The number of hydrogen-bond donors (Lipinski definition) is 0. The van der Waals surface area contributed by atoms with Crippen molar-refractivity contribution in [3.63, 3.8) is 0 Å². The van der Waals surface area contributed by atoms with Crippen molar-refractivity contribution >= 4 is 5.69 Å². The third-order valence-corrected chi connectivity index (χ3v) is 1.08. The highest BCUT2D eigenvalue weighted by molar-refractivity contribution is 5.33. The molecule has 0 bridgehead atoms. The van der Waals surface area contributed by atoms with Crippen LogP contribution in [0.25, 0.3) is 0 Å². The predicted octanol–water partition coefficient (Wildman–Crippen LogP) is 1.78. The van der Waals surface area contributed by atoms with Crippen LogP contribution in [0.15, 0.2) is 24.3 Å². The van der Waals surface area contributed by atoms with Crippen molar-refractivity contribution in [2.45, 2.75) is 0 Å². The number of nitro benzene ring substituents is 1. The van der Waals surface area contributed by atoms with Gasteiger partial charge in [0, 0.05) is 6.88 Å².